The standard InChI is InChI=1S/C9H6F3N3O2/c1-4-5(9(10,11)12)2-13-8-7(4)6(3-14-8)15(16)17/h2-3H,1H3,(H,13,14). The van der Waals surface area contributed by atoms with Gasteiger partial charge < -0.3 is 4.98 Å². The largest absolute Gasteiger partial charge is 0.418 e. The first-order valence-electron chi connectivity index (χ1n) is 4.50. The number of hydrogen-bond acceptors (Lipinski definition) is 3. The van der Waals surface area contributed by atoms with Gasteiger partial charge in [0.1, 0.15) is 11.0 Å². The third-order valence-corrected chi connectivity index (χ3v) is 2.44. The normalized spacial score (nSPS) is 12.0. The molecule has 0 aromatic carbocycles. The average molecular weight is 245 g/mol. The summed E-state index contributed by atoms with van der Waals surface area (Å²) in [6.45, 7) is 1.19. The van der Waals surface area contributed by atoms with Crippen LogP contribution in [0, 0.1) is 17.0 Å². The van der Waals surface area contributed by atoms with Crippen molar-refractivity contribution < 1.29 is 18.1 Å². The molecule has 2 heterocycles. The quantitative estimate of drug-likeness (QED) is 0.620. The molecule has 1 N–H and O–H groups in total. The highest BCUT2D eigenvalue weighted by Gasteiger charge is 2.35. The molecule has 0 unspecified atom stereocenters. The molecule has 0 radical (unpaired) electrons. The number of nitrogens with one attached hydrogen (secondary N) is 1. The molecular weight excluding hydrogens is 239 g/mol. The summed E-state index contributed by atoms with van der Waals surface area (Å²) in [6, 6.07) is 0. The van der Waals surface area contributed by atoms with E-state index < -0.39 is 22.4 Å². The summed E-state index contributed by atoms with van der Waals surface area (Å²) in [6.07, 6.45) is -2.88. The van der Waals surface area contributed by atoms with E-state index in [1.165, 1.54) is 6.92 Å². The van der Waals surface area contributed by atoms with E-state index in [1.54, 1.807) is 0 Å². The first kappa shape index (κ1) is 11.4. The molecule has 0 saturated carbocycles. The minimum absolute atomic E-state index is 0.0715. The van der Waals surface area contributed by atoms with Crippen LogP contribution in [0.15, 0.2) is 12.4 Å². The molecule has 0 spiro atoms. The van der Waals surface area contributed by atoms with E-state index in [1.807, 2.05) is 0 Å². The number of H-pyrrole nitrogens is 1. The van der Waals surface area contributed by atoms with Gasteiger partial charge in [-0.3, -0.25) is 10.1 Å². The number of halogens is 3. The lowest BCUT2D eigenvalue weighted by atomic mass is 10.1. The molecular formula is C9H6F3N3O2. The Morgan fingerprint density at radius 1 is 1.47 bits per heavy atom. The van der Waals surface area contributed by atoms with Gasteiger partial charge in [-0.25, -0.2) is 4.98 Å². The molecule has 5 nitrogen and oxygen atoms in total. The van der Waals surface area contributed by atoms with Crippen molar-refractivity contribution in [1.29, 1.82) is 0 Å². The van der Waals surface area contributed by atoms with E-state index >= 15 is 0 Å². The average Bonchev–Trinajstić information content (AvgIpc) is 2.60. The fraction of sp³-hybridized carbons (Fsp3) is 0.222. The Labute approximate surface area is 92.4 Å². The molecule has 2 rings (SSSR count). The third kappa shape index (κ3) is 1.71. The number of hydrogen-bond donors (Lipinski definition) is 1. The van der Waals surface area contributed by atoms with Gasteiger partial charge in [-0.2, -0.15) is 13.2 Å². The highest BCUT2D eigenvalue weighted by molar-refractivity contribution is 5.90. The zero-order chi connectivity index (χ0) is 12.8. The molecule has 0 aliphatic rings. The van der Waals surface area contributed by atoms with Gasteiger partial charge >= 0.3 is 6.18 Å². The van der Waals surface area contributed by atoms with Crippen molar-refractivity contribution in [3.8, 4) is 0 Å². The predicted octanol–water partition coefficient (Wildman–Crippen LogP) is 2.80. The summed E-state index contributed by atoms with van der Waals surface area (Å²) < 4.78 is 37.8. The van der Waals surface area contributed by atoms with E-state index in [4.69, 9.17) is 0 Å². The molecule has 0 amide bonds. The van der Waals surface area contributed by atoms with Crippen molar-refractivity contribution in [1.82, 2.24) is 9.97 Å². The second-order valence-electron chi connectivity index (χ2n) is 3.45. The molecule has 17 heavy (non-hydrogen) atoms. The van der Waals surface area contributed by atoms with Crippen LogP contribution in [0.4, 0.5) is 18.9 Å². The lowest BCUT2D eigenvalue weighted by Gasteiger charge is -2.09. The van der Waals surface area contributed by atoms with Crippen LogP contribution < -0.4 is 0 Å². The number of nitrogens with zero attached hydrogens (tertiary/aromatic N) is 2. The van der Waals surface area contributed by atoms with Gasteiger partial charge in [-0.15, -0.1) is 0 Å². The highest BCUT2D eigenvalue weighted by atomic mass is 19.4. The molecule has 0 fully saturated rings. The van der Waals surface area contributed by atoms with Crippen LogP contribution in [0.2, 0.25) is 0 Å². The Morgan fingerprint density at radius 3 is 2.65 bits per heavy atom. The second kappa shape index (κ2) is 3.44. The summed E-state index contributed by atoms with van der Waals surface area (Å²) in [5.41, 5.74) is -1.50. The summed E-state index contributed by atoms with van der Waals surface area (Å²) in [7, 11) is 0. The van der Waals surface area contributed by atoms with E-state index in [9.17, 15) is 23.3 Å². The van der Waals surface area contributed by atoms with Crippen molar-refractivity contribution in [3.63, 3.8) is 0 Å². The molecule has 8 heteroatoms. The maximum absolute atomic E-state index is 12.6. The van der Waals surface area contributed by atoms with Gasteiger partial charge in [-0.1, -0.05) is 0 Å². The van der Waals surface area contributed by atoms with Gasteiger partial charge in [-0.05, 0) is 12.5 Å². The SMILES string of the molecule is Cc1c(C(F)(F)F)cnc2[nH]cc([N+](=O)[O-])c12. The Bertz CT molecular complexity index is 603. The number of rotatable bonds is 1. The van der Waals surface area contributed by atoms with Gasteiger partial charge in [0.25, 0.3) is 5.69 Å². The third-order valence-electron chi connectivity index (χ3n) is 2.44. The monoisotopic (exact) mass is 245 g/mol. The fourth-order valence-corrected chi connectivity index (χ4v) is 1.66. The van der Waals surface area contributed by atoms with Gasteiger partial charge in [0.05, 0.1) is 16.7 Å². The summed E-state index contributed by atoms with van der Waals surface area (Å²) in [5.74, 6) is 0. The number of fused-ring (bicyclic) bond motifs is 1. The molecule has 0 bridgehead atoms. The van der Waals surface area contributed by atoms with Crippen molar-refractivity contribution in [2.45, 2.75) is 13.1 Å². The summed E-state index contributed by atoms with van der Waals surface area (Å²) in [5, 5.41) is 10.6. The van der Waals surface area contributed by atoms with E-state index in [-0.39, 0.29) is 16.6 Å². The number of nitro groups is 1. The molecule has 0 aliphatic heterocycles. The minimum Gasteiger partial charge on any atom is -0.340 e. The van der Waals surface area contributed by atoms with Crippen LogP contribution in [-0.2, 0) is 6.18 Å². The maximum Gasteiger partial charge on any atom is 0.418 e. The number of aromatic nitrogens is 2. The van der Waals surface area contributed by atoms with Crippen LogP contribution in [0.5, 0.6) is 0 Å². The van der Waals surface area contributed by atoms with Crippen LogP contribution in [-0.4, -0.2) is 14.9 Å². The molecule has 90 valence electrons. The van der Waals surface area contributed by atoms with Crippen LogP contribution >= 0.6 is 0 Å². The van der Waals surface area contributed by atoms with Gasteiger partial charge in [0, 0.05) is 6.20 Å². The van der Waals surface area contributed by atoms with Crippen molar-refractivity contribution >= 4 is 16.7 Å². The van der Waals surface area contributed by atoms with E-state index in [0.29, 0.717) is 6.20 Å². The van der Waals surface area contributed by atoms with Gasteiger partial charge in [0.15, 0.2) is 0 Å². The summed E-state index contributed by atoms with van der Waals surface area (Å²) >= 11 is 0. The first-order chi connectivity index (χ1) is 7.82. The van der Waals surface area contributed by atoms with Crippen molar-refractivity contribution in [2.24, 2.45) is 0 Å². The Balaban J connectivity index is 2.82. The second-order valence-corrected chi connectivity index (χ2v) is 3.45. The number of aryl methyl sites for hydroxylation is 1. The van der Waals surface area contributed by atoms with E-state index in [2.05, 4.69) is 9.97 Å². The first-order valence-corrected chi connectivity index (χ1v) is 4.50. The Morgan fingerprint density at radius 2 is 2.12 bits per heavy atom. The maximum atomic E-state index is 12.6. The number of aromatic amines is 1. The minimum atomic E-state index is -4.57. The van der Waals surface area contributed by atoms with Crippen LogP contribution in [0.25, 0.3) is 11.0 Å². The predicted molar refractivity (Wildman–Crippen MR) is 52.5 cm³/mol. The molecule has 0 atom stereocenters. The lowest BCUT2D eigenvalue weighted by Crippen LogP contribution is -2.08. The smallest absolute Gasteiger partial charge is 0.340 e. The molecule has 2 aromatic heterocycles. The topological polar surface area (TPSA) is 71.8 Å². The molecule has 0 aliphatic carbocycles. The Kier molecular flexibility index (Phi) is 2.30. The van der Waals surface area contributed by atoms with Crippen LogP contribution in [0.3, 0.4) is 0 Å². The number of pyridine rings is 1. The highest BCUT2D eigenvalue weighted by Crippen LogP contribution is 2.36. The molecule has 0 saturated heterocycles. The van der Waals surface area contributed by atoms with Gasteiger partial charge in [0.2, 0.25) is 0 Å². The fourth-order valence-electron chi connectivity index (χ4n) is 1.66. The molecule has 2 aromatic rings. The van der Waals surface area contributed by atoms with Crippen molar-refractivity contribution in [3.05, 3.63) is 33.6 Å². The zero-order valence-corrected chi connectivity index (χ0v) is 8.50. The summed E-state index contributed by atoms with van der Waals surface area (Å²) in [4.78, 5) is 15.9. The Hall–Kier alpha value is -2.12. The zero-order valence-electron chi connectivity index (χ0n) is 8.50. The van der Waals surface area contributed by atoms with Crippen LogP contribution in [0.1, 0.15) is 11.1 Å². The van der Waals surface area contributed by atoms with E-state index in [0.717, 1.165) is 6.20 Å². The lowest BCUT2D eigenvalue weighted by molar-refractivity contribution is -0.383. The number of alkyl halides is 3. The van der Waals surface area contributed by atoms with Crippen molar-refractivity contribution in [2.75, 3.05) is 0 Å².